The van der Waals surface area contributed by atoms with Gasteiger partial charge in [-0.05, 0) is 43.7 Å². The number of anilines is 1. The lowest BCUT2D eigenvalue weighted by Gasteiger charge is -2.12. The van der Waals surface area contributed by atoms with Gasteiger partial charge in [-0.3, -0.25) is 14.2 Å². The number of aromatic amines is 1. The third-order valence-electron chi connectivity index (χ3n) is 5.39. The van der Waals surface area contributed by atoms with Crippen LogP contribution in [0.5, 0.6) is 0 Å². The van der Waals surface area contributed by atoms with Gasteiger partial charge in [-0.2, -0.15) is 0 Å². The molecule has 3 aromatic rings. The second-order valence-electron chi connectivity index (χ2n) is 8.09. The van der Waals surface area contributed by atoms with Gasteiger partial charge in [0, 0.05) is 50.6 Å². The summed E-state index contributed by atoms with van der Waals surface area (Å²) < 4.78 is 20.7. The first-order valence-electron chi connectivity index (χ1n) is 10.8. The Labute approximate surface area is 184 Å². The minimum atomic E-state index is -0.394. The van der Waals surface area contributed by atoms with Crippen LogP contribution >= 0.6 is 0 Å². The molecule has 1 aliphatic rings. The Hall–Kier alpha value is -3.27. The van der Waals surface area contributed by atoms with Crippen LogP contribution < -0.4 is 16.2 Å². The lowest BCUT2D eigenvalue weighted by Crippen LogP contribution is -2.34. The Morgan fingerprint density at radius 3 is 3.00 bits per heavy atom. The van der Waals surface area contributed by atoms with Crippen molar-refractivity contribution in [2.24, 2.45) is 5.92 Å². The van der Waals surface area contributed by atoms with E-state index in [2.05, 4.69) is 25.6 Å². The number of rotatable bonds is 11. The molecule has 1 aliphatic carbocycles. The van der Waals surface area contributed by atoms with Gasteiger partial charge in [0.15, 0.2) is 5.82 Å². The van der Waals surface area contributed by atoms with E-state index in [1.165, 1.54) is 23.6 Å². The summed E-state index contributed by atoms with van der Waals surface area (Å²) >= 11 is 0. The van der Waals surface area contributed by atoms with Crippen molar-refractivity contribution in [3.05, 3.63) is 52.1 Å². The summed E-state index contributed by atoms with van der Waals surface area (Å²) in [6.45, 7) is 3.78. The number of hydrogen-bond donors (Lipinski definition) is 3. The highest BCUT2D eigenvalue weighted by molar-refractivity contribution is 5.78. The predicted octanol–water partition coefficient (Wildman–Crippen LogP) is 2.11. The van der Waals surface area contributed by atoms with Crippen molar-refractivity contribution in [2.75, 3.05) is 25.1 Å². The van der Waals surface area contributed by atoms with E-state index in [-0.39, 0.29) is 30.4 Å². The van der Waals surface area contributed by atoms with E-state index >= 15 is 0 Å². The average molecular weight is 442 g/mol. The molecule has 3 heterocycles. The van der Waals surface area contributed by atoms with Gasteiger partial charge in [-0.15, -0.1) is 0 Å². The van der Waals surface area contributed by atoms with E-state index in [0.29, 0.717) is 35.4 Å². The topological polar surface area (TPSA) is 114 Å². The molecule has 9 nitrogen and oxygen atoms in total. The number of hydrogen-bond acceptors (Lipinski definition) is 6. The SMILES string of the molecule is Cc1cnc(NCCCOCC2CC2)c(=O)n1CC(=O)NCc1cnc2[nH]cc(F)c2c1. The van der Waals surface area contributed by atoms with E-state index in [1.807, 2.05) is 0 Å². The van der Waals surface area contributed by atoms with E-state index in [0.717, 1.165) is 18.9 Å². The summed E-state index contributed by atoms with van der Waals surface area (Å²) in [7, 11) is 0. The van der Waals surface area contributed by atoms with Gasteiger partial charge in [0.05, 0.1) is 5.39 Å². The van der Waals surface area contributed by atoms with Crippen LogP contribution in [0.2, 0.25) is 0 Å². The van der Waals surface area contributed by atoms with Crippen LogP contribution in [0.3, 0.4) is 0 Å². The number of pyridine rings is 1. The maximum Gasteiger partial charge on any atom is 0.293 e. The fourth-order valence-corrected chi connectivity index (χ4v) is 3.32. The molecule has 0 unspecified atom stereocenters. The number of aromatic nitrogens is 4. The number of carbonyl (C=O) groups excluding carboxylic acids is 1. The molecular formula is C22H27FN6O3. The minimum Gasteiger partial charge on any atom is -0.381 e. The van der Waals surface area contributed by atoms with E-state index < -0.39 is 5.82 Å². The molecule has 1 saturated carbocycles. The molecule has 1 fully saturated rings. The van der Waals surface area contributed by atoms with E-state index in [4.69, 9.17) is 4.74 Å². The van der Waals surface area contributed by atoms with Gasteiger partial charge in [0.25, 0.3) is 5.56 Å². The Morgan fingerprint density at radius 1 is 1.34 bits per heavy atom. The predicted molar refractivity (Wildman–Crippen MR) is 118 cm³/mol. The first-order valence-corrected chi connectivity index (χ1v) is 10.8. The molecule has 0 saturated heterocycles. The summed E-state index contributed by atoms with van der Waals surface area (Å²) in [5.74, 6) is 0.210. The molecule has 32 heavy (non-hydrogen) atoms. The van der Waals surface area contributed by atoms with Crippen LogP contribution in [0.15, 0.2) is 29.5 Å². The van der Waals surface area contributed by atoms with Gasteiger partial charge in [0.2, 0.25) is 5.91 Å². The number of nitrogens with one attached hydrogen (secondary N) is 3. The third-order valence-corrected chi connectivity index (χ3v) is 5.39. The number of halogens is 1. The molecule has 0 aliphatic heterocycles. The lowest BCUT2D eigenvalue weighted by molar-refractivity contribution is -0.121. The number of aryl methyl sites for hydroxylation is 1. The fraction of sp³-hybridized carbons (Fsp3) is 0.455. The number of nitrogens with zero attached hydrogens (tertiary/aromatic N) is 3. The zero-order valence-corrected chi connectivity index (χ0v) is 18.0. The fourth-order valence-electron chi connectivity index (χ4n) is 3.32. The first kappa shape index (κ1) is 21.9. The molecule has 0 atom stereocenters. The van der Waals surface area contributed by atoms with Crippen molar-refractivity contribution in [3.8, 4) is 0 Å². The monoisotopic (exact) mass is 442 g/mol. The second-order valence-corrected chi connectivity index (χ2v) is 8.09. The van der Waals surface area contributed by atoms with Crippen molar-refractivity contribution in [1.82, 2.24) is 24.8 Å². The van der Waals surface area contributed by atoms with Gasteiger partial charge in [-0.1, -0.05) is 0 Å². The van der Waals surface area contributed by atoms with Crippen LogP contribution in [0.4, 0.5) is 10.2 Å². The molecule has 10 heteroatoms. The van der Waals surface area contributed by atoms with E-state index in [9.17, 15) is 14.0 Å². The molecule has 4 rings (SSSR count). The van der Waals surface area contributed by atoms with Crippen LogP contribution in [0.1, 0.15) is 30.5 Å². The number of carbonyl (C=O) groups is 1. The Bertz CT molecular complexity index is 1150. The normalized spacial score (nSPS) is 13.4. The van der Waals surface area contributed by atoms with Crippen molar-refractivity contribution >= 4 is 22.8 Å². The number of ether oxygens (including phenoxy) is 1. The second kappa shape index (κ2) is 9.90. The largest absolute Gasteiger partial charge is 0.381 e. The molecule has 3 N–H and O–H groups in total. The lowest BCUT2D eigenvalue weighted by atomic mass is 10.2. The Balaban J connectivity index is 1.29. The van der Waals surface area contributed by atoms with Gasteiger partial charge in [-0.25, -0.2) is 14.4 Å². The molecule has 0 spiro atoms. The summed E-state index contributed by atoms with van der Waals surface area (Å²) in [6, 6.07) is 1.63. The number of fused-ring (bicyclic) bond motifs is 1. The summed E-state index contributed by atoms with van der Waals surface area (Å²) in [5, 5.41) is 6.15. The van der Waals surface area contributed by atoms with Gasteiger partial charge in [0.1, 0.15) is 18.0 Å². The zero-order chi connectivity index (χ0) is 22.5. The highest BCUT2D eigenvalue weighted by Crippen LogP contribution is 2.28. The Morgan fingerprint density at radius 2 is 2.19 bits per heavy atom. The van der Waals surface area contributed by atoms with Crippen molar-refractivity contribution in [2.45, 2.75) is 39.3 Å². The molecule has 0 radical (unpaired) electrons. The Kier molecular flexibility index (Phi) is 6.79. The molecule has 0 aromatic carbocycles. The molecule has 3 aromatic heterocycles. The standard InChI is InChI=1S/C22H27FN6O3/c1-14-8-26-21(24-5-2-6-32-13-15-3-4-15)22(31)29(14)12-19(30)25-9-16-7-17-18(23)11-28-20(17)27-10-16/h7-8,10-11,15H,2-6,9,12-13H2,1H3,(H,24,26)(H,25,30)(H,27,28). The van der Waals surface area contributed by atoms with Crippen molar-refractivity contribution in [3.63, 3.8) is 0 Å². The molecule has 1 amide bonds. The van der Waals surface area contributed by atoms with Crippen molar-refractivity contribution in [1.29, 1.82) is 0 Å². The molecular weight excluding hydrogens is 415 g/mol. The first-order chi connectivity index (χ1) is 15.5. The summed E-state index contributed by atoms with van der Waals surface area (Å²) in [4.78, 5) is 36.2. The zero-order valence-electron chi connectivity index (χ0n) is 18.0. The van der Waals surface area contributed by atoms with Crippen LogP contribution in [-0.4, -0.2) is 45.2 Å². The van der Waals surface area contributed by atoms with E-state index in [1.54, 1.807) is 25.4 Å². The molecule has 170 valence electrons. The third kappa shape index (κ3) is 5.50. The van der Waals surface area contributed by atoms with Crippen LogP contribution in [-0.2, 0) is 22.6 Å². The van der Waals surface area contributed by atoms with Crippen LogP contribution in [0.25, 0.3) is 11.0 Å². The summed E-state index contributed by atoms with van der Waals surface area (Å²) in [5.41, 5.74) is 1.35. The smallest absolute Gasteiger partial charge is 0.293 e. The minimum absolute atomic E-state index is 0.138. The summed E-state index contributed by atoms with van der Waals surface area (Å²) in [6.07, 6.45) is 7.66. The van der Waals surface area contributed by atoms with Crippen LogP contribution in [0, 0.1) is 18.7 Å². The average Bonchev–Trinajstić information content (AvgIpc) is 3.55. The van der Waals surface area contributed by atoms with Crippen molar-refractivity contribution < 1.29 is 13.9 Å². The quantitative estimate of drug-likeness (QED) is 0.392. The highest BCUT2D eigenvalue weighted by atomic mass is 19.1. The maximum absolute atomic E-state index is 13.7. The number of amides is 1. The molecule has 0 bridgehead atoms. The highest BCUT2D eigenvalue weighted by Gasteiger charge is 2.20. The van der Waals surface area contributed by atoms with Gasteiger partial charge < -0.3 is 20.4 Å². The number of H-pyrrole nitrogens is 1. The van der Waals surface area contributed by atoms with Gasteiger partial charge >= 0.3 is 0 Å². The maximum atomic E-state index is 13.7.